The summed E-state index contributed by atoms with van der Waals surface area (Å²) in [7, 11) is 0. The zero-order chi connectivity index (χ0) is 25.4. The highest BCUT2D eigenvalue weighted by Gasteiger charge is 2.50. The summed E-state index contributed by atoms with van der Waals surface area (Å²) < 4.78 is 56.1. The number of hydrogen-bond donors (Lipinski definition) is 2. The van der Waals surface area contributed by atoms with Crippen LogP contribution < -0.4 is 14.8 Å². The van der Waals surface area contributed by atoms with Gasteiger partial charge < -0.3 is 24.8 Å². The molecule has 2 aromatic rings. The molecule has 6 nitrogen and oxygen atoms in total. The number of likely N-dealkylation sites (tertiary alicyclic amines) is 1. The zero-order valence-electron chi connectivity index (χ0n) is 19.6. The third-order valence-electron chi connectivity index (χ3n) is 7.23. The number of halogens is 4. The van der Waals surface area contributed by atoms with Gasteiger partial charge in [-0.1, -0.05) is 17.7 Å². The third kappa shape index (κ3) is 5.01. The number of fused-ring (bicyclic) bond motifs is 2. The number of nitrogens with one attached hydrogen (secondary N) is 1. The second-order valence-electron chi connectivity index (χ2n) is 9.70. The van der Waals surface area contributed by atoms with Crippen LogP contribution in [-0.2, 0) is 17.6 Å². The molecule has 2 N–H and O–H groups in total. The van der Waals surface area contributed by atoms with E-state index in [2.05, 4.69) is 5.32 Å². The van der Waals surface area contributed by atoms with Gasteiger partial charge in [-0.05, 0) is 79.7 Å². The number of carbonyl (C=O) groups is 1. The lowest BCUT2D eigenvalue weighted by Gasteiger charge is -2.31. The van der Waals surface area contributed by atoms with Crippen molar-refractivity contribution in [3.63, 3.8) is 0 Å². The summed E-state index contributed by atoms with van der Waals surface area (Å²) in [4.78, 5) is 14.9. The number of aliphatic hydroxyl groups excluding tert-OH is 1. The Hall–Kier alpha value is -2.49. The standard InChI is InChI=1S/C26H28ClF3N2O4/c27-19-4-3-15-9-18(10-16(15)11-19)26(29,30)25(34)31-21(14-32-5-1-2-6-32)23(33)17-12-20(28)24-22(13-17)35-7-8-36-24/h3-4,11-13,18,21,23,33H,1-2,5-10,14H2,(H,31,34)/t18?,21-,23-/m1/s1. The van der Waals surface area contributed by atoms with Crippen LogP contribution in [0.4, 0.5) is 13.2 Å². The van der Waals surface area contributed by atoms with Gasteiger partial charge in [0.25, 0.3) is 5.91 Å². The van der Waals surface area contributed by atoms with Gasteiger partial charge in [-0.2, -0.15) is 8.78 Å². The highest BCUT2D eigenvalue weighted by molar-refractivity contribution is 6.30. The van der Waals surface area contributed by atoms with Crippen molar-refractivity contribution in [1.82, 2.24) is 10.2 Å². The average Bonchev–Trinajstić information content (AvgIpc) is 3.53. The van der Waals surface area contributed by atoms with Gasteiger partial charge in [0.1, 0.15) is 19.3 Å². The van der Waals surface area contributed by atoms with Crippen LogP contribution in [0.2, 0.25) is 5.02 Å². The van der Waals surface area contributed by atoms with E-state index in [1.54, 1.807) is 18.2 Å². The van der Waals surface area contributed by atoms with E-state index in [-0.39, 0.29) is 49.7 Å². The fourth-order valence-electron chi connectivity index (χ4n) is 5.29. The molecule has 194 valence electrons. The molecule has 0 saturated carbocycles. The summed E-state index contributed by atoms with van der Waals surface area (Å²) in [6, 6.07) is 6.46. The molecule has 3 aliphatic rings. The molecule has 1 aliphatic carbocycles. The molecule has 2 heterocycles. The van der Waals surface area contributed by atoms with E-state index < -0.39 is 35.7 Å². The van der Waals surface area contributed by atoms with Crippen LogP contribution in [-0.4, -0.2) is 60.7 Å². The number of carbonyl (C=O) groups excluding carboxylic acids is 1. The second kappa shape index (κ2) is 10.1. The first-order chi connectivity index (χ1) is 17.2. The molecule has 36 heavy (non-hydrogen) atoms. The maximum atomic E-state index is 15.4. The minimum Gasteiger partial charge on any atom is -0.486 e. The monoisotopic (exact) mass is 524 g/mol. The SMILES string of the molecule is O=C(N[C@H](CN1CCCC1)[C@H](O)c1cc(F)c2c(c1)OCCO2)C(F)(F)C1Cc2ccc(Cl)cc2C1. The van der Waals surface area contributed by atoms with E-state index in [4.69, 9.17) is 21.1 Å². The lowest BCUT2D eigenvalue weighted by Crippen LogP contribution is -2.54. The summed E-state index contributed by atoms with van der Waals surface area (Å²) in [5, 5.41) is 14.0. The number of alkyl halides is 2. The average molecular weight is 525 g/mol. The Morgan fingerprint density at radius 3 is 2.64 bits per heavy atom. The third-order valence-corrected chi connectivity index (χ3v) is 7.46. The fraction of sp³-hybridized carbons (Fsp3) is 0.500. The Balaban J connectivity index is 1.36. The maximum Gasteiger partial charge on any atom is 0.327 e. The number of hydrogen-bond acceptors (Lipinski definition) is 5. The van der Waals surface area contributed by atoms with E-state index in [1.165, 1.54) is 6.07 Å². The number of amides is 1. The summed E-state index contributed by atoms with van der Waals surface area (Å²) in [5.74, 6) is -6.99. The van der Waals surface area contributed by atoms with Crippen molar-refractivity contribution in [3.8, 4) is 11.5 Å². The molecular formula is C26H28ClF3N2O4. The first kappa shape index (κ1) is 25.2. The number of benzene rings is 2. The Bertz CT molecular complexity index is 1140. The van der Waals surface area contributed by atoms with Crippen molar-refractivity contribution in [3.05, 3.63) is 57.9 Å². The second-order valence-corrected chi connectivity index (χ2v) is 10.1. The topological polar surface area (TPSA) is 71.0 Å². The molecule has 2 aromatic carbocycles. The van der Waals surface area contributed by atoms with Gasteiger partial charge in [0.15, 0.2) is 17.3 Å². The van der Waals surface area contributed by atoms with Gasteiger partial charge in [0.2, 0.25) is 0 Å². The smallest absolute Gasteiger partial charge is 0.327 e. The quantitative estimate of drug-likeness (QED) is 0.575. The molecule has 3 atom stereocenters. The molecule has 0 aromatic heterocycles. The molecule has 0 radical (unpaired) electrons. The van der Waals surface area contributed by atoms with Crippen LogP contribution in [0.15, 0.2) is 30.3 Å². The summed E-state index contributed by atoms with van der Waals surface area (Å²) in [5.41, 5.74) is 1.57. The van der Waals surface area contributed by atoms with Gasteiger partial charge in [0, 0.05) is 17.5 Å². The van der Waals surface area contributed by atoms with E-state index in [1.807, 2.05) is 4.90 Å². The van der Waals surface area contributed by atoms with Crippen molar-refractivity contribution < 1.29 is 32.5 Å². The van der Waals surface area contributed by atoms with Gasteiger partial charge in [-0.25, -0.2) is 4.39 Å². The van der Waals surface area contributed by atoms with Crippen LogP contribution >= 0.6 is 11.6 Å². The summed E-state index contributed by atoms with van der Waals surface area (Å²) in [6.07, 6.45) is 0.529. The lowest BCUT2D eigenvalue weighted by atomic mass is 9.95. The lowest BCUT2D eigenvalue weighted by molar-refractivity contribution is -0.155. The van der Waals surface area contributed by atoms with Gasteiger partial charge in [-0.15, -0.1) is 0 Å². The number of rotatable bonds is 7. The van der Waals surface area contributed by atoms with Crippen molar-refractivity contribution >= 4 is 17.5 Å². The molecule has 0 bridgehead atoms. The fourth-order valence-corrected chi connectivity index (χ4v) is 5.49. The Morgan fingerprint density at radius 1 is 1.14 bits per heavy atom. The molecule has 1 saturated heterocycles. The zero-order valence-corrected chi connectivity index (χ0v) is 20.4. The number of ether oxygens (including phenoxy) is 2. The van der Waals surface area contributed by atoms with E-state index in [0.717, 1.165) is 37.6 Å². The van der Waals surface area contributed by atoms with E-state index >= 15 is 8.78 Å². The van der Waals surface area contributed by atoms with Gasteiger partial charge in [-0.3, -0.25) is 4.79 Å². The molecular weight excluding hydrogens is 497 g/mol. The van der Waals surface area contributed by atoms with Crippen LogP contribution in [0.25, 0.3) is 0 Å². The van der Waals surface area contributed by atoms with Crippen molar-refractivity contribution in [2.75, 3.05) is 32.8 Å². The first-order valence-electron chi connectivity index (χ1n) is 12.2. The Morgan fingerprint density at radius 2 is 1.86 bits per heavy atom. The van der Waals surface area contributed by atoms with Crippen molar-refractivity contribution in [2.24, 2.45) is 5.92 Å². The normalized spacial score (nSPS) is 21.2. The van der Waals surface area contributed by atoms with Gasteiger partial charge in [0.05, 0.1) is 6.04 Å². The molecule has 10 heteroatoms. The highest BCUT2D eigenvalue weighted by Crippen LogP contribution is 2.39. The van der Waals surface area contributed by atoms with Crippen LogP contribution in [0.3, 0.4) is 0 Å². The molecule has 1 amide bonds. The largest absolute Gasteiger partial charge is 0.486 e. The molecule has 2 aliphatic heterocycles. The van der Waals surface area contributed by atoms with Crippen molar-refractivity contribution in [1.29, 1.82) is 0 Å². The Labute approximate surface area is 212 Å². The predicted molar refractivity (Wildman–Crippen MR) is 127 cm³/mol. The molecule has 1 fully saturated rings. The molecule has 1 unspecified atom stereocenters. The van der Waals surface area contributed by atoms with Crippen LogP contribution in [0.5, 0.6) is 11.5 Å². The summed E-state index contributed by atoms with van der Waals surface area (Å²) in [6.45, 7) is 2.03. The molecule has 5 rings (SSSR count). The number of aliphatic hydroxyl groups is 1. The van der Waals surface area contributed by atoms with Gasteiger partial charge >= 0.3 is 5.92 Å². The van der Waals surface area contributed by atoms with E-state index in [0.29, 0.717) is 10.6 Å². The Kier molecular flexibility index (Phi) is 7.07. The minimum atomic E-state index is -3.67. The first-order valence-corrected chi connectivity index (χ1v) is 12.6. The highest BCUT2D eigenvalue weighted by atomic mass is 35.5. The molecule has 0 spiro atoms. The van der Waals surface area contributed by atoms with Crippen LogP contribution in [0, 0.1) is 11.7 Å². The number of nitrogens with zero attached hydrogens (tertiary/aromatic N) is 1. The minimum absolute atomic E-state index is 0.0308. The maximum absolute atomic E-state index is 15.4. The summed E-state index contributed by atoms with van der Waals surface area (Å²) >= 11 is 6.00. The van der Waals surface area contributed by atoms with Crippen molar-refractivity contribution in [2.45, 2.75) is 43.8 Å². The van der Waals surface area contributed by atoms with Crippen LogP contribution in [0.1, 0.15) is 35.6 Å². The predicted octanol–water partition coefficient (Wildman–Crippen LogP) is 3.91. The van der Waals surface area contributed by atoms with E-state index in [9.17, 15) is 14.3 Å².